The summed E-state index contributed by atoms with van der Waals surface area (Å²) in [6, 6.07) is 13.2. The first-order valence-corrected chi connectivity index (χ1v) is 8.54. The maximum atomic E-state index is 12.9. The van der Waals surface area contributed by atoms with Gasteiger partial charge in [0.2, 0.25) is 0 Å². The fourth-order valence-corrected chi connectivity index (χ4v) is 3.34. The van der Waals surface area contributed by atoms with Crippen molar-refractivity contribution in [3.05, 3.63) is 70.9 Å². The average molecular weight is 380 g/mol. The maximum Gasteiger partial charge on any atom is 0.335 e. The predicted octanol–water partition coefficient (Wildman–Crippen LogP) is 3.50. The largest absolute Gasteiger partial charge is 0.350 e. The molecule has 0 bridgehead atoms. The number of nitrogens with one attached hydrogen (secondary N) is 1. The smallest absolute Gasteiger partial charge is 0.335 e. The molecule has 2 aromatic carbocycles. The zero-order chi connectivity index (χ0) is 19.1. The van der Waals surface area contributed by atoms with Gasteiger partial charge in [0.1, 0.15) is 5.57 Å². The monoisotopic (exact) mass is 379 g/mol. The van der Waals surface area contributed by atoms with Crippen molar-refractivity contribution in [2.24, 2.45) is 7.05 Å². The molecule has 1 aliphatic rings. The van der Waals surface area contributed by atoms with Crippen LogP contribution in [0.25, 0.3) is 17.0 Å². The van der Waals surface area contributed by atoms with Crippen LogP contribution in [-0.2, 0) is 16.6 Å². The number of imide groups is 2. The number of anilines is 1. The van der Waals surface area contributed by atoms with E-state index in [0.29, 0.717) is 16.3 Å². The molecule has 4 amide bonds. The van der Waals surface area contributed by atoms with Gasteiger partial charge in [-0.25, -0.2) is 9.69 Å². The van der Waals surface area contributed by atoms with Crippen LogP contribution in [-0.4, -0.2) is 22.4 Å². The molecule has 1 saturated heterocycles. The van der Waals surface area contributed by atoms with E-state index >= 15 is 0 Å². The lowest BCUT2D eigenvalue weighted by molar-refractivity contribution is -0.122. The Kier molecular flexibility index (Phi) is 4.05. The van der Waals surface area contributed by atoms with Gasteiger partial charge in [0.15, 0.2) is 0 Å². The average Bonchev–Trinajstić information content (AvgIpc) is 2.95. The van der Waals surface area contributed by atoms with Crippen molar-refractivity contribution in [1.82, 2.24) is 9.88 Å². The quantitative estimate of drug-likeness (QED) is 0.547. The van der Waals surface area contributed by atoms with E-state index in [1.54, 1.807) is 18.2 Å². The van der Waals surface area contributed by atoms with Gasteiger partial charge < -0.3 is 4.57 Å². The molecule has 1 aromatic heterocycles. The zero-order valence-electron chi connectivity index (χ0n) is 14.3. The van der Waals surface area contributed by atoms with Gasteiger partial charge in [-0.15, -0.1) is 0 Å². The van der Waals surface area contributed by atoms with E-state index in [4.69, 9.17) is 11.6 Å². The van der Waals surface area contributed by atoms with E-state index in [2.05, 4.69) is 5.32 Å². The second kappa shape index (κ2) is 6.41. The summed E-state index contributed by atoms with van der Waals surface area (Å²) in [5.74, 6) is -1.42. The van der Waals surface area contributed by atoms with Crippen molar-refractivity contribution in [1.29, 1.82) is 0 Å². The van der Waals surface area contributed by atoms with Crippen molar-refractivity contribution in [3.63, 3.8) is 0 Å². The summed E-state index contributed by atoms with van der Waals surface area (Å²) in [5, 5.41) is 3.49. The van der Waals surface area contributed by atoms with E-state index < -0.39 is 17.8 Å². The highest BCUT2D eigenvalue weighted by Crippen LogP contribution is 2.27. The number of amides is 4. The SMILES string of the molecule is Cn1cc(/C=C2\C(=O)NC(=O)N(c3cccc(Cl)c3)C2=O)c2ccccc21. The lowest BCUT2D eigenvalue weighted by Gasteiger charge is -2.26. The van der Waals surface area contributed by atoms with Crippen LogP contribution in [0.3, 0.4) is 0 Å². The van der Waals surface area contributed by atoms with E-state index in [0.717, 1.165) is 15.8 Å². The van der Waals surface area contributed by atoms with Crippen LogP contribution >= 0.6 is 11.6 Å². The molecule has 4 rings (SSSR count). The lowest BCUT2D eigenvalue weighted by Crippen LogP contribution is -2.54. The fraction of sp³-hybridized carbons (Fsp3) is 0.0500. The number of hydrogen-bond acceptors (Lipinski definition) is 3. The first-order chi connectivity index (χ1) is 13.0. The number of carbonyl (C=O) groups is 3. The summed E-state index contributed by atoms with van der Waals surface area (Å²) in [4.78, 5) is 38.4. The molecule has 0 aliphatic carbocycles. The third-order valence-corrected chi connectivity index (χ3v) is 4.63. The molecule has 0 unspecified atom stereocenters. The third-order valence-electron chi connectivity index (χ3n) is 4.40. The van der Waals surface area contributed by atoms with Crippen LogP contribution in [0.5, 0.6) is 0 Å². The summed E-state index contributed by atoms with van der Waals surface area (Å²) in [5.41, 5.74) is 1.86. The minimum Gasteiger partial charge on any atom is -0.350 e. The van der Waals surface area contributed by atoms with Crippen LogP contribution in [0.1, 0.15) is 5.56 Å². The summed E-state index contributed by atoms with van der Waals surface area (Å²) in [6.07, 6.45) is 3.34. The van der Waals surface area contributed by atoms with Crippen LogP contribution in [0, 0.1) is 0 Å². The van der Waals surface area contributed by atoms with Crippen LogP contribution < -0.4 is 10.2 Å². The first kappa shape index (κ1) is 17.1. The summed E-state index contributed by atoms with van der Waals surface area (Å²) in [7, 11) is 1.88. The Morgan fingerprint density at radius 1 is 1.04 bits per heavy atom. The topological polar surface area (TPSA) is 71.4 Å². The van der Waals surface area contributed by atoms with Crippen molar-refractivity contribution < 1.29 is 14.4 Å². The van der Waals surface area contributed by atoms with E-state index in [1.807, 2.05) is 42.1 Å². The third kappa shape index (κ3) is 2.90. The second-order valence-corrected chi connectivity index (χ2v) is 6.59. The molecular weight excluding hydrogens is 366 g/mol. The fourth-order valence-electron chi connectivity index (χ4n) is 3.15. The Morgan fingerprint density at radius 2 is 1.81 bits per heavy atom. The van der Waals surface area contributed by atoms with E-state index in [-0.39, 0.29) is 5.57 Å². The van der Waals surface area contributed by atoms with Gasteiger partial charge in [0.25, 0.3) is 11.8 Å². The number of rotatable bonds is 2. The highest BCUT2D eigenvalue weighted by molar-refractivity contribution is 6.39. The van der Waals surface area contributed by atoms with Gasteiger partial charge in [0.05, 0.1) is 5.69 Å². The molecule has 1 N–H and O–H groups in total. The molecule has 0 atom stereocenters. The molecule has 27 heavy (non-hydrogen) atoms. The highest BCUT2D eigenvalue weighted by Gasteiger charge is 2.37. The Balaban J connectivity index is 1.82. The van der Waals surface area contributed by atoms with Crippen LogP contribution in [0.2, 0.25) is 5.02 Å². The maximum absolute atomic E-state index is 12.9. The van der Waals surface area contributed by atoms with Crippen molar-refractivity contribution in [2.75, 3.05) is 4.90 Å². The van der Waals surface area contributed by atoms with Crippen LogP contribution in [0.4, 0.5) is 10.5 Å². The molecule has 0 radical (unpaired) electrons. The summed E-state index contributed by atoms with van der Waals surface area (Å²) in [6.45, 7) is 0. The molecule has 2 heterocycles. The number of para-hydroxylation sites is 1. The Morgan fingerprint density at radius 3 is 2.59 bits per heavy atom. The molecule has 7 heteroatoms. The van der Waals surface area contributed by atoms with Crippen LogP contribution in [0.15, 0.2) is 60.3 Å². The van der Waals surface area contributed by atoms with Crippen molar-refractivity contribution in [2.45, 2.75) is 0 Å². The normalized spacial score (nSPS) is 16.3. The number of aryl methyl sites for hydroxylation is 1. The summed E-state index contributed by atoms with van der Waals surface area (Å²) >= 11 is 5.97. The van der Waals surface area contributed by atoms with E-state index in [1.165, 1.54) is 12.1 Å². The van der Waals surface area contributed by atoms with Gasteiger partial charge in [-0.05, 0) is 30.3 Å². The van der Waals surface area contributed by atoms with Gasteiger partial charge in [-0.1, -0.05) is 35.9 Å². The van der Waals surface area contributed by atoms with Crippen molar-refractivity contribution >= 4 is 52.1 Å². The number of barbiturate groups is 1. The zero-order valence-corrected chi connectivity index (χ0v) is 15.0. The van der Waals surface area contributed by atoms with E-state index in [9.17, 15) is 14.4 Å². The molecule has 6 nitrogen and oxygen atoms in total. The second-order valence-electron chi connectivity index (χ2n) is 6.15. The Labute approximate surface area is 159 Å². The number of halogens is 1. The number of carbonyl (C=O) groups excluding carboxylic acids is 3. The number of nitrogens with zero attached hydrogens (tertiary/aromatic N) is 2. The molecular formula is C20H14ClN3O3. The molecule has 3 aromatic rings. The van der Waals surface area contributed by atoms with Crippen molar-refractivity contribution in [3.8, 4) is 0 Å². The number of fused-ring (bicyclic) bond motifs is 1. The summed E-state index contributed by atoms with van der Waals surface area (Å²) < 4.78 is 1.91. The predicted molar refractivity (Wildman–Crippen MR) is 103 cm³/mol. The van der Waals surface area contributed by atoms with Gasteiger partial charge in [-0.3, -0.25) is 14.9 Å². The standard InChI is InChI=1S/C20H14ClN3O3/c1-23-11-12(15-7-2-3-8-17(15)23)9-16-18(25)22-20(27)24(19(16)26)14-6-4-5-13(21)10-14/h2-11H,1H3,(H,22,25,27)/b16-9+. The number of aromatic nitrogens is 1. The van der Waals surface area contributed by atoms with Gasteiger partial charge in [-0.2, -0.15) is 0 Å². The molecule has 134 valence electrons. The lowest BCUT2D eigenvalue weighted by atomic mass is 10.1. The van der Waals surface area contributed by atoms with Gasteiger partial charge in [0, 0.05) is 34.7 Å². The number of hydrogen-bond donors (Lipinski definition) is 1. The van der Waals surface area contributed by atoms with Gasteiger partial charge >= 0.3 is 6.03 Å². The first-order valence-electron chi connectivity index (χ1n) is 8.17. The highest BCUT2D eigenvalue weighted by atomic mass is 35.5. The number of urea groups is 1. The minimum absolute atomic E-state index is 0.120. The molecule has 1 aliphatic heterocycles. The molecule has 0 spiro atoms. The molecule has 0 saturated carbocycles. The molecule has 1 fully saturated rings. The number of benzene rings is 2. The Hall–Kier alpha value is -3.38. The Bertz CT molecular complexity index is 1150. The minimum atomic E-state index is -0.803.